The van der Waals surface area contributed by atoms with E-state index < -0.39 is 5.97 Å². The molecule has 0 fully saturated rings. The summed E-state index contributed by atoms with van der Waals surface area (Å²) in [5.74, 6) is -0.932. The van der Waals surface area contributed by atoms with E-state index in [4.69, 9.17) is 5.11 Å². The minimum atomic E-state index is -0.932. The van der Waals surface area contributed by atoms with Gasteiger partial charge in [-0.3, -0.25) is 0 Å². The second-order valence-electron chi connectivity index (χ2n) is 2.72. The SMILES string of the molecule is O=C(O)c1ccc2scc(I)c2c1S. The van der Waals surface area contributed by atoms with Crippen molar-refractivity contribution in [3.8, 4) is 0 Å². The summed E-state index contributed by atoms with van der Waals surface area (Å²) in [5.41, 5.74) is 0.261. The molecule has 0 amide bonds. The summed E-state index contributed by atoms with van der Waals surface area (Å²) in [6.45, 7) is 0. The lowest BCUT2D eigenvalue weighted by molar-refractivity contribution is 0.0693. The molecule has 0 saturated carbocycles. The van der Waals surface area contributed by atoms with Gasteiger partial charge in [-0.05, 0) is 34.7 Å². The largest absolute Gasteiger partial charge is 0.478 e. The molecule has 0 spiro atoms. The van der Waals surface area contributed by atoms with Crippen molar-refractivity contribution in [3.63, 3.8) is 0 Å². The Morgan fingerprint density at radius 3 is 2.86 bits per heavy atom. The highest BCUT2D eigenvalue weighted by Crippen LogP contribution is 2.34. The number of carbonyl (C=O) groups is 1. The van der Waals surface area contributed by atoms with Crippen LogP contribution in [0.1, 0.15) is 10.4 Å². The van der Waals surface area contributed by atoms with Crippen molar-refractivity contribution in [2.24, 2.45) is 0 Å². The molecule has 2 rings (SSSR count). The van der Waals surface area contributed by atoms with Gasteiger partial charge in [-0.15, -0.1) is 24.0 Å². The molecule has 1 aromatic heterocycles. The highest BCUT2D eigenvalue weighted by Gasteiger charge is 2.13. The Bertz CT molecular complexity index is 519. The van der Waals surface area contributed by atoms with Crippen LogP contribution in [0.2, 0.25) is 0 Å². The average Bonchev–Trinajstić information content (AvgIpc) is 2.48. The lowest BCUT2D eigenvalue weighted by Gasteiger charge is -2.01. The van der Waals surface area contributed by atoms with Gasteiger partial charge >= 0.3 is 5.97 Å². The van der Waals surface area contributed by atoms with Crippen molar-refractivity contribution in [1.82, 2.24) is 0 Å². The predicted molar refractivity (Wildman–Crippen MR) is 68.8 cm³/mol. The first-order valence-electron chi connectivity index (χ1n) is 3.73. The highest BCUT2D eigenvalue weighted by atomic mass is 127. The zero-order valence-corrected chi connectivity index (χ0v) is 10.7. The first-order chi connectivity index (χ1) is 6.61. The Morgan fingerprint density at radius 1 is 1.50 bits per heavy atom. The van der Waals surface area contributed by atoms with Gasteiger partial charge in [0.25, 0.3) is 0 Å². The maximum absolute atomic E-state index is 10.9. The molecule has 1 N–H and O–H groups in total. The first-order valence-corrected chi connectivity index (χ1v) is 6.14. The number of benzene rings is 1. The number of halogens is 1. The molecule has 0 aliphatic heterocycles. The van der Waals surface area contributed by atoms with Crippen LogP contribution < -0.4 is 0 Å². The van der Waals surface area contributed by atoms with E-state index in [1.54, 1.807) is 17.4 Å². The third-order valence-corrected chi connectivity index (χ3v) is 4.58. The van der Waals surface area contributed by atoms with E-state index in [0.717, 1.165) is 13.7 Å². The van der Waals surface area contributed by atoms with Gasteiger partial charge in [-0.25, -0.2) is 4.79 Å². The summed E-state index contributed by atoms with van der Waals surface area (Å²) in [5, 5.41) is 11.8. The van der Waals surface area contributed by atoms with Crippen molar-refractivity contribution in [2.75, 3.05) is 0 Å². The molecule has 0 aliphatic carbocycles. The number of rotatable bonds is 1. The van der Waals surface area contributed by atoms with Gasteiger partial charge in [0.05, 0.1) is 5.56 Å². The fourth-order valence-corrected chi connectivity index (χ4v) is 3.90. The topological polar surface area (TPSA) is 37.3 Å². The summed E-state index contributed by atoms with van der Waals surface area (Å²) in [4.78, 5) is 11.4. The lowest BCUT2D eigenvalue weighted by atomic mass is 10.2. The zero-order valence-electron chi connectivity index (χ0n) is 6.82. The molecule has 14 heavy (non-hydrogen) atoms. The van der Waals surface area contributed by atoms with Crippen molar-refractivity contribution in [2.45, 2.75) is 4.90 Å². The van der Waals surface area contributed by atoms with Crippen LogP contribution in [0.5, 0.6) is 0 Å². The van der Waals surface area contributed by atoms with E-state index in [2.05, 4.69) is 35.2 Å². The third-order valence-electron chi connectivity index (χ3n) is 1.90. The summed E-state index contributed by atoms with van der Waals surface area (Å²) < 4.78 is 2.13. The molecule has 0 unspecified atom stereocenters. The fraction of sp³-hybridized carbons (Fsp3) is 0. The Balaban J connectivity index is 2.86. The highest BCUT2D eigenvalue weighted by molar-refractivity contribution is 14.1. The van der Waals surface area contributed by atoms with Crippen LogP contribution in [0.4, 0.5) is 0 Å². The van der Waals surface area contributed by atoms with Crippen LogP contribution >= 0.6 is 46.6 Å². The number of hydrogen-bond acceptors (Lipinski definition) is 3. The molecule has 0 atom stereocenters. The molecule has 0 bridgehead atoms. The van der Waals surface area contributed by atoms with Gasteiger partial charge in [0.15, 0.2) is 0 Å². The Hall–Kier alpha value is -0.270. The smallest absolute Gasteiger partial charge is 0.336 e. The quantitative estimate of drug-likeness (QED) is 0.618. The van der Waals surface area contributed by atoms with Crippen LogP contribution in [0.3, 0.4) is 0 Å². The number of thiol groups is 1. The van der Waals surface area contributed by atoms with Gasteiger partial charge in [0.2, 0.25) is 0 Å². The van der Waals surface area contributed by atoms with E-state index >= 15 is 0 Å². The van der Waals surface area contributed by atoms with E-state index in [9.17, 15) is 4.79 Å². The first kappa shape index (κ1) is 10.3. The van der Waals surface area contributed by atoms with Gasteiger partial charge in [0.1, 0.15) is 0 Å². The van der Waals surface area contributed by atoms with Crippen molar-refractivity contribution >= 4 is 62.6 Å². The minimum absolute atomic E-state index is 0.261. The maximum atomic E-state index is 10.9. The van der Waals surface area contributed by atoms with E-state index in [-0.39, 0.29) is 5.56 Å². The monoisotopic (exact) mass is 336 g/mol. The number of aromatic carboxylic acids is 1. The third kappa shape index (κ3) is 1.53. The molecular weight excluding hydrogens is 331 g/mol. The molecule has 0 aliphatic rings. The molecular formula is C9H5IO2S2. The molecule has 2 aromatic rings. The van der Waals surface area contributed by atoms with Crippen molar-refractivity contribution in [3.05, 3.63) is 26.6 Å². The molecule has 1 heterocycles. The Morgan fingerprint density at radius 2 is 2.21 bits per heavy atom. The maximum Gasteiger partial charge on any atom is 0.336 e. The van der Waals surface area contributed by atoms with Crippen LogP contribution in [0, 0.1) is 3.57 Å². The summed E-state index contributed by atoms with van der Waals surface area (Å²) in [7, 11) is 0. The van der Waals surface area contributed by atoms with Gasteiger partial charge < -0.3 is 5.11 Å². The minimum Gasteiger partial charge on any atom is -0.478 e. The molecule has 72 valence electrons. The summed E-state index contributed by atoms with van der Waals surface area (Å²) >= 11 is 8.05. The number of carboxylic acid groups (broad SMARTS) is 1. The number of fused-ring (bicyclic) bond motifs is 1. The molecule has 1 aromatic carbocycles. The lowest BCUT2D eigenvalue weighted by Crippen LogP contribution is -1.97. The number of hydrogen-bond donors (Lipinski definition) is 2. The van der Waals surface area contributed by atoms with Crippen molar-refractivity contribution in [1.29, 1.82) is 0 Å². The predicted octanol–water partition coefficient (Wildman–Crippen LogP) is 3.49. The zero-order chi connectivity index (χ0) is 10.3. The van der Waals surface area contributed by atoms with Crippen LogP contribution in [0.25, 0.3) is 10.1 Å². The fourth-order valence-electron chi connectivity index (χ4n) is 1.25. The van der Waals surface area contributed by atoms with Crippen LogP contribution in [-0.4, -0.2) is 11.1 Å². The van der Waals surface area contributed by atoms with Crippen LogP contribution in [-0.2, 0) is 0 Å². The second-order valence-corrected chi connectivity index (χ2v) is 5.24. The number of carboxylic acids is 1. The standard InChI is InChI=1S/C9H5IO2S2/c10-5-3-14-6-2-1-4(9(11)12)8(13)7(5)6/h1-3,13H,(H,11,12). The van der Waals surface area contributed by atoms with Crippen LogP contribution in [0.15, 0.2) is 22.4 Å². The average molecular weight is 336 g/mol. The molecule has 0 radical (unpaired) electrons. The summed E-state index contributed by atoms with van der Waals surface area (Å²) in [6, 6.07) is 3.42. The normalized spacial score (nSPS) is 10.7. The molecule has 5 heteroatoms. The van der Waals surface area contributed by atoms with Crippen molar-refractivity contribution < 1.29 is 9.90 Å². The molecule has 0 saturated heterocycles. The number of thiophene rings is 1. The van der Waals surface area contributed by atoms with Gasteiger partial charge in [0, 0.05) is 23.9 Å². The van der Waals surface area contributed by atoms with E-state index in [1.807, 2.05) is 11.4 Å². The van der Waals surface area contributed by atoms with E-state index in [1.165, 1.54) is 0 Å². The molecule has 2 nitrogen and oxygen atoms in total. The Labute approximate surface area is 103 Å². The van der Waals surface area contributed by atoms with Gasteiger partial charge in [-0.1, -0.05) is 0 Å². The summed E-state index contributed by atoms with van der Waals surface area (Å²) in [6.07, 6.45) is 0. The Kier molecular flexibility index (Phi) is 2.72. The van der Waals surface area contributed by atoms with E-state index in [0.29, 0.717) is 4.90 Å². The van der Waals surface area contributed by atoms with Gasteiger partial charge in [-0.2, -0.15) is 0 Å². The second kappa shape index (κ2) is 3.71.